The van der Waals surface area contributed by atoms with E-state index in [9.17, 15) is 14.4 Å². The number of hydrogen-bond acceptors (Lipinski definition) is 3. The molecule has 0 saturated carbocycles. The summed E-state index contributed by atoms with van der Waals surface area (Å²) >= 11 is 0. The molecular weight excluding hydrogens is 330 g/mol. The van der Waals surface area contributed by atoms with Crippen molar-refractivity contribution in [2.24, 2.45) is 0 Å². The lowest BCUT2D eigenvalue weighted by atomic mass is 9.95. The van der Waals surface area contributed by atoms with Crippen LogP contribution in [0.2, 0.25) is 0 Å². The third-order valence-corrected chi connectivity index (χ3v) is 5.09. The van der Waals surface area contributed by atoms with Crippen molar-refractivity contribution in [3.8, 4) is 0 Å². The summed E-state index contributed by atoms with van der Waals surface area (Å²) < 4.78 is 0. The van der Waals surface area contributed by atoms with Crippen LogP contribution in [0, 0.1) is 6.92 Å². The zero-order chi connectivity index (χ0) is 18.3. The minimum atomic E-state index is -0.665. The van der Waals surface area contributed by atoms with Crippen LogP contribution >= 0.6 is 0 Å². The van der Waals surface area contributed by atoms with E-state index in [1.807, 2.05) is 55.5 Å². The molecule has 2 aromatic rings. The third kappa shape index (κ3) is 2.63. The Morgan fingerprint density at radius 2 is 1.77 bits per heavy atom. The van der Waals surface area contributed by atoms with Crippen molar-refractivity contribution in [2.75, 3.05) is 0 Å². The van der Waals surface area contributed by atoms with Crippen molar-refractivity contribution in [3.05, 3.63) is 70.8 Å². The van der Waals surface area contributed by atoms with Gasteiger partial charge in [-0.1, -0.05) is 48.5 Å². The number of aryl methyl sites for hydroxylation is 1. The number of urea groups is 2. The van der Waals surface area contributed by atoms with E-state index in [-0.39, 0.29) is 6.54 Å². The molecule has 6 nitrogen and oxygen atoms in total. The third-order valence-electron chi connectivity index (χ3n) is 5.09. The predicted molar refractivity (Wildman–Crippen MR) is 95.1 cm³/mol. The highest BCUT2D eigenvalue weighted by atomic mass is 16.2. The first-order valence-corrected chi connectivity index (χ1v) is 8.60. The first-order chi connectivity index (χ1) is 12.6. The van der Waals surface area contributed by atoms with Crippen molar-refractivity contribution in [1.29, 1.82) is 0 Å². The zero-order valence-corrected chi connectivity index (χ0v) is 14.4. The van der Waals surface area contributed by atoms with Crippen LogP contribution in [0.5, 0.6) is 0 Å². The van der Waals surface area contributed by atoms with E-state index >= 15 is 0 Å². The molecule has 4 rings (SSSR count). The second-order valence-electron chi connectivity index (χ2n) is 6.66. The van der Waals surface area contributed by atoms with Crippen LogP contribution in [0.25, 0.3) is 0 Å². The van der Waals surface area contributed by atoms with Gasteiger partial charge >= 0.3 is 12.1 Å². The minimum Gasteiger partial charge on any atom is -0.333 e. The molecule has 1 N–H and O–H groups in total. The first-order valence-electron chi connectivity index (χ1n) is 8.60. The van der Waals surface area contributed by atoms with Gasteiger partial charge in [0.25, 0.3) is 5.91 Å². The van der Waals surface area contributed by atoms with Crippen molar-refractivity contribution >= 4 is 18.0 Å². The number of nitrogens with one attached hydrogen (secondary N) is 1. The molecule has 0 spiro atoms. The highest BCUT2D eigenvalue weighted by Crippen LogP contribution is 2.30. The second kappa shape index (κ2) is 6.29. The number of imide groups is 3. The zero-order valence-electron chi connectivity index (χ0n) is 14.4. The monoisotopic (exact) mass is 349 g/mol. The van der Waals surface area contributed by atoms with Gasteiger partial charge in [0.05, 0.1) is 0 Å². The molecule has 1 atom stereocenters. The summed E-state index contributed by atoms with van der Waals surface area (Å²) in [5.41, 5.74) is 4.06. The van der Waals surface area contributed by atoms with Crippen LogP contribution in [-0.4, -0.2) is 33.8 Å². The number of nitrogens with zero attached hydrogens (tertiary/aromatic N) is 2. The van der Waals surface area contributed by atoms with Gasteiger partial charge < -0.3 is 10.2 Å². The van der Waals surface area contributed by atoms with Crippen LogP contribution in [-0.2, 0) is 24.3 Å². The molecule has 0 bridgehead atoms. The molecule has 2 aliphatic heterocycles. The maximum atomic E-state index is 12.7. The van der Waals surface area contributed by atoms with E-state index < -0.39 is 24.0 Å². The molecule has 6 heteroatoms. The first kappa shape index (κ1) is 16.3. The van der Waals surface area contributed by atoms with Gasteiger partial charge in [0, 0.05) is 19.5 Å². The van der Waals surface area contributed by atoms with Gasteiger partial charge in [-0.25, -0.2) is 9.59 Å². The average molecular weight is 349 g/mol. The molecule has 132 valence electrons. The molecular formula is C20H19N3O3. The number of benzene rings is 2. The molecule has 0 aliphatic carbocycles. The Morgan fingerprint density at radius 3 is 2.54 bits per heavy atom. The summed E-state index contributed by atoms with van der Waals surface area (Å²) in [6.07, 6.45) is 0.447. The Morgan fingerprint density at radius 1 is 1.08 bits per heavy atom. The molecule has 1 unspecified atom stereocenters. The number of hydrogen-bond donors (Lipinski definition) is 1. The normalized spacial score (nSPS) is 18.6. The Kier molecular flexibility index (Phi) is 3.95. The quantitative estimate of drug-likeness (QED) is 0.847. The number of amides is 5. The SMILES string of the molecule is Cc1ccccc1CNC(=O)N1C(=O)C2Cc3ccccc3CN2C1=O. The van der Waals surface area contributed by atoms with E-state index in [1.165, 1.54) is 4.90 Å². The summed E-state index contributed by atoms with van der Waals surface area (Å²) in [6, 6.07) is 13.6. The number of carbonyl (C=O) groups is 3. The van der Waals surface area contributed by atoms with Gasteiger partial charge in [0.2, 0.25) is 0 Å². The van der Waals surface area contributed by atoms with Crippen molar-refractivity contribution in [3.63, 3.8) is 0 Å². The number of rotatable bonds is 2. The maximum Gasteiger partial charge on any atom is 0.336 e. The summed E-state index contributed by atoms with van der Waals surface area (Å²) in [6.45, 7) is 2.57. The lowest BCUT2D eigenvalue weighted by Crippen LogP contribution is -2.44. The van der Waals surface area contributed by atoms with Gasteiger partial charge in [-0.3, -0.25) is 4.79 Å². The van der Waals surface area contributed by atoms with Crippen molar-refractivity contribution in [1.82, 2.24) is 15.1 Å². The minimum absolute atomic E-state index is 0.271. The maximum absolute atomic E-state index is 12.7. The van der Waals surface area contributed by atoms with Crippen LogP contribution in [0.4, 0.5) is 9.59 Å². The lowest BCUT2D eigenvalue weighted by molar-refractivity contribution is -0.126. The highest BCUT2D eigenvalue weighted by Gasteiger charge is 2.49. The smallest absolute Gasteiger partial charge is 0.333 e. The fourth-order valence-corrected chi connectivity index (χ4v) is 3.56. The average Bonchev–Trinajstić information content (AvgIpc) is 2.89. The Hall–Kier alpha value is -3.15. The fraction of sp³-hybridized carbons (Fsp3) is 0.250. The van der Waals surface area contributed by atoms with Crippen LogP contribution < -0.4 is 5.32 Å². The topological polar surface area (TPSA) is 69.7 Å². The second-order valence-corrected chi connectivity index (χ2v) is 6.66. The van der Waals surface area contributed by atoms with Crippen molar-refractivity contribution in [2.45, 2.75) is 32.5 Å². The van der Waals surface area contributed by atoms with Crippen LogP contribution in [0.1, 0.15) is 22.3 Å². The van der Waals surface area contributed by atoms with Crippen molar-refractivity contribution < 1.29 is 14.4 Å². The Balaban J connectivity index is 1.50. The van der Waals surface area contributed by atoms with E-state index in [0.29, 0.717) is 13.0 Å². The van der Waals surface area contributed by atoms with E-state index in [1.54, 1.807) is 0 Å². The molecule has 5 amide bonds. The summed E-state index contributed by atoms with van der Waals surface area (Å²) in [4.78, 5) is 40.1. The summed E-state index contributed by atoms with van der Waals surface area (Å²) in [5, 5.41) is 2.69. The molecule has 26 heavy (non-hydrogen) atoms. The molecule has 2 heterocycles. The summed E-state index contributed by atoms with van der Waals surface area (Å²) in [5.74, 6) is -0.452. The Labute approximate surface area is 151 Å². The van der Waals surface area contributed by atoms with Gasteiger partial charge in [-0.2, -0.15) is 4.90 Å². The summed E-state index contributed by atoms with van der Waals surface area (Å²) in [7, 11) is 0. The van der Waals surface area contributed by atoms with Crippen LogP contribution in [0.3, 0.4) is 0 Å². The molecule has 1 saturated heterocycles. The van der Waals surface area contributed by atoms with Gasteiger partial charge in [-0.05, 0) is 29.2 Å². The van der Waals surface area contributed by atoms with Gasteiger partial charge in [-0.15, -0.1) is 0 Å². The molecule has 2 aromatic carbocycles. The molecule has 1 fully saturated rings. The van der Waals surface area contributed by atoms with E-state index in [2.05, 4.69) is 5.32 Å². The number of fused-ring (bicyclic) bond motifs is 2. The van der Waals surface area contributed by atoms with Gasteiger partial charge in [0.15, 0.2) is 0 Å². The van der Waals surface area contributed by atoms with E-state index in [4.69, 9.17) is 0 Å². The number of carbonyl (C=O) groups excluding carboxylic acids is 3. The Bertz CT molecular complexity index is 866. The van der Waals surface area contributed by atoms with E-state index in [0.717, 1.165) is 27.2 Å². The fourth-order valence-electron chi connectivity index (χ4n) is 3.56. The highest BCUT2D eigenvalue weighted by molar-refractivity contribution is 6.16. The van der Waals surface area contributed by atoms with Crippen LogP contribution in [0.15, 0.2) is 48.5 Å². The molecule has 0 aromatic heterocycles. The standard InChI is InChI=1S/C20H19N3O3/c1-13-6-2-3-8-15(13)11-21-19(25)23-18(24)17-10-14-7-4-5-9-16(14)12-22(17)20(23)26/h2-9,17H,10-12H2,1H3,(H,21,25). The molecule has 2 aliphatic rings. The van der Waals surface area contributed by atoms with Gasteiger partial charge in [0.1, 0.15) is 6.04 Å². The predicted octanol–water partition coefficient (Wildman–Crippen LogP) is 2.59. The largest absolute Gasteiger partial charge is 0.336 e. The lowest BCUT2D eigenvalue weighted by Gasteiger charge is -2.28. The molecule has 0 radical (unpaired) electrons.